The highest BCUT2D eigenvalue weighted by atomic mass is 16.5. The highest BCUT2D eigenvalue weighted by molar-refractivity contribution is 5.71. The van der Waals surface area contributed by atoms with E-state index in [1.165, 1.54) is 0 Å². The van der Waals surface area contributed by atoms with Crippen LogP contribution in [0.1, 0.15) is 29.7 Å². The molecular formula is C18H18N2O3. The van der Waals surface area contributed by atoms with Crippen LogP contribution < -0.4 is 10.5 Å². The molecule has 0 fully saturated rings. The molecule has 0 aliphatic carbocycles. The van der Waals surface area contributed by atoms with Crippen LogP contribution >= 0.6 is 0 Å². The van der Waals surface area contributed by atoms with Gasteiger partial charge in [-0.15, -0.1) is 0 Å². The van der Waals surface area contributed by atoms with Crippen LogP contribution in [0.5, 0.6) is 5.75 Å². The van der Waals surface area contributed by atoms with E-state index in [0.29, 0.717) is 10.8 Å². The smallest absolute Gasteiger partial charge is 0.339 e. The van der Waals surface area contributed by atoms with Gasteiger partial charge in [-0.05, 0) is 36.8 Å². The third-order valence-corrected chi connectivity index (χ3v) is 3.41. The number of hydroxylamine groups is 2. The lowest BCUT2D eigenvalue weighted by molar-refractivity contribution is -0.0710. The lowest BCUT2D eigenvalue weighted by Crippen LogP contribution is -2.34. The molecule has 1 unspecified atom stereocenters. The molecule has 0 saturated heterocycles. The minimum atomic E-state index is -0.900. The van der Waals surface area contributed by atoms with E-state index < -0.39 is 12.1 Å². The molecule has 2 rings (SSSR count). The highest BCUT2D eigenvalue weighted by Gasteiger charge is 2.16. The second-order valence-corrected chi connectivity index (χ2v) is 4.93. The lowest BCUT2D eigenvalue weighted by Gasteiger charge is -2.20. The van der Waals surface area contributed by atoms with Gasteiger partial charge in [0.15, 0.2) is 0 Å². The van der Waals surface area contributed by atoms with E-state index in [1.807, 2.05) is 36.4 Å². The summed E-state index contributed by atoms with van der Waals surface area (Å²) in [6, 6.07) is 13.3. The number of carbonyl (C=O) groups is 1. The van der Waals surface area contributed by atoms with Gasteiger partial charge in [-0.1, -0.05) is 36.1 Å². The third-order valence-electron chi connectivity index (χ3n) is 3.41. The van der Waals surface area contributed by atoms with Crippen molar-refractivity contribution in [3.05, 3.63) is 65.2 Å². The number of nitrogens with zero attached hydrogens (tertiary/aromatic N) is 1. The summed E-state index contributed by atoms with van der Waals surface area (Å²) >= 11 is 0. The molecule has 3 N–H and O–H groups in total. The molecule has 0 radical (unpaired) electrons. The molecule has 5 heteroatoms. The number of carbonyl (C=O) groups excluding carboxylic acids is 1. The van der Waals surface area contributed by atoms with Crippen LogP contribution in [0, 0.1) is 11.8 Å². The maximum absolute atomic E-state index is 11.0. The molecular weight excluding hydrogens is 292 g/mol. The lowest BCUT2D eigenvalue weighted by atomic mass is 10.0. The monoisotopic (exact) mass is 310 g/mol. The summed E-state index contributed by atoms with van der Waals surface area (Å²) in [5.74, 6) is 6.82. The number of benzene rings is 2. The summed E-state index contributed by atoms with van der Waals surface area (Å²) in [5.41, 5.74) is 7.36. The van der Waals surface area contributed by atoms with E-state index in [2.05, 4.69) is 11.8 Å². The maximum Gasteiger partial charge on any atom is 0.339 e. The number of amides is 2. The number of ether oxygens (including phenoxy) is 1. The van der Waals surface area contributed by atoms with Gasteiger partial charge >= 0.3 is 6.03 Å². The Morgan fingerprint density at radius 3 is 2.65 bits per heavy atom. The Bertz CT molecular complexity index is 762. The topological polar surface area (TPSA) is 75.8 Å². The number of para-hydroxylation sites is 1. The summed E-state index contributed by atoms with van der Waals surface area (Å²) in [5, 5.41) is 10.1. The number of rotatable bonds is 3. The molecule has 0 aliphatic heterocycles. The van der Waals surface area contributed by atoms with Gasteiger partial charge < -0.3 is 10.5 Å². The Morgan fingerprint density at radius 2 is 1.96 bits per heavy atom. The van der Waals surface area contributed by atoms with Gasteiger partial charge in [0.1, 0.15) is 5.75 Å². The van der Waals surface area contributed by atoms with Crippen molar-refractivity contribution in [1.29, 1.82) is 0 Å². The first-order valence-electron chi connectivity index (χ1n) is 7.05. The van der Waals surface area contributed by atoms with E-state index in [9.17, 15) is 10.0 Å². The predicted octanol–water partition coefficient (Wildman–Crippen LogP) is 2.93. The average molecular weight is 310 g/mol. The number of nitrogens with two attached hydrogens (primary N) is 1. The first-order valence-corrected chi connectivity index (χ1v) is 7.05. The fraction of sp³-hybridized carbons (Fsp3) is 0.167. The quantitative estimate of drug-likeness (QED) is 0.520. The van der Waals surface area contributed by atoms with Crippen molar-refractivity contribution in [2.45, 2.75) is 13.0 Å². The molecule has 118 valence electrons. The fourth-order valence-corrected chi connectivity index (χ4v) is 2.10. The molecule has 23 heavy (non-hydrogen) atoms. The van der Waals surface area contributed by atoms with Crippen molar-refractivity contribution in [2.75, 3.05) is 7.11 Å². The molecule has 2 amide bonds. The van der Waals surface area contributed by atoms with Crippen molar-refractivity contribution in [3.8, 4) is 17.6 Å². The van der Waals surface area contributed by atoms with Gasteiger partial charge in [0.05, 0.1) is 18.7 Å². The van der Waals surface area contributed by atoms with Crippen LogP contribution in [0.15, 0.2) is 48.5 Å². The van der Waals surface area contributed by atoms with Gasteiger partial charge in [-0.25, -0.2) is 4.79 Å². The van der Waals surface area contributed by atoms with E-state index >= 15 is 0 Å². The summed E-state index contributed by atoms with van der Waals surface area (Å²) in [6.07, 6.45) is 0. The molecule has 2 aromatic rings. The van der Waals surface area contributed by atoms with E-state index in [0.717, 1.165) is 16.7 Å². The van der Waals surface area contributed by atoms with Gasteiger partial charge in [0.2, 0.25) is 0 Å². The van der Waals surface area contributed by atoms with Crippen LogP contribution in [-0.2, 0) is 0 Å². The number of primary amides is 1. The zero-order valence-electron chi connectivity index (χ0n) is 13.0. The summed E-state index contributed by atoms with van der Waals surface area (Å²) < 4.78 is 5.26. The Labute approximate surface area is 135 Å². The van der Waals surface area contributed by atoms with Crippen molar-refractivity contribution >= 4 is 6.03 Å². The largest absolute Gasteiger partial charge is 0.495 e. The van der Waals surface area contributed by atoms with Gasteiger partial charge in [0, 0.05) is 5.56 Å². The second-order valence-electron chi connectivity index (χ2n) is 4.93. The molecule has 0 saturated carbocycles. The SMILES string of the molecule is COc1ccccc1C#Cc1cccc(C(C)N(O)C(N)=O)c1. The molecule has 1 atom stereocenters. The Hall–Kier alpha value is -2.97. The van der Waals surface area contributed by atoms with Gasteiger partial charge in [-0.3, -0.25) is 5.21 Å². The van der Waals surface area contributed by atoms with Crippen LogP contribution in [-0.4, -0.2) is 23.4 Å². The minimum Gasteiger partial charge on any atom is -0.495 e. The average Bonchev–Trinajstić information content (AvgIpc) is 2.59. The zero-order valence-corrected chi connectivity index (χ0v) is 13.0. The molecule has 0 heterocycles. The first-order chi connectivity index (χ1) is 11.0. The van der Waals surface area contributed by atoms with Gasteiger partial charge in [0.25, 0.3) is 0 Å². The Balaban J connectivity index is 2.28. The summed E-state index contributed by atoms with van der Waals surface area (Å²) in [4.78, 5) is 11.0. The van der Waals surface area contributed by atoms with Crippen LogP contribution in [0.2, 0.25) is 0 Å². The van der Waals surface area contributed by atoms with Crippen molar-refractivity contribution in [2.24, 2.45) is 5.73 Å². The van der Waals surface area contributed by atoms with E-state index in [4.69, 9.17) is 10.5 Å². The van der Waals surface area contributed by atoms with Crippen LogP contribution in [0.3, 0.4) is 0 Å². The molecule has 0 aliphatic rings. The maximum atomic E-state index is 11.0. The zero-order chi connectivity index (χ0) is 16.8. The number of hydrogen-bond acceptors (Lipinski definition) is 3. The second kappa shape index (κ2) is 7.34. The van der Waals surface area contributed by atoms with E-state index in [1.54, 1.807) is 26.2 Å². The minimum absolute atomic E-state index is 0.493. The fourth-order valence-electron chi connectivity index (χ4n) is 2.10. The number of urea groups is 1. The third kappa shape index (κ3) is 4.02. The Kier molecular flexibility index (Phi) is 5.23. The normalized spacial score (nSPS) is 11.1. The Morgan fingerprint density at radius 1 is 1.22 bits per heavy atom. The number of methoxy groups -OCH3 is 1. The first kappa shape index (κ1) is 16.4. The molecule has 5 nitrogen and oxygen atoms in total. The summed E-state index contributed by atoms with van der Waals surface area (Å²) in [6.45, 7) is 1.68. The van der Waals surface area contributed by atoms with Crippen molar-refractivity contribution in [3.63, 3.8) is 0 Å². The molecule has 0 spiro atoms. The molecule has 0 bridgehead atoms. The standard InChI is InChI=1S/C18H18N2O3/c1-13(20(22)18(19)21)16-8-5-6-14(12-16)10-11-15-7-3-4-9-17(15)23-2/h3-9,12-13,22H,1-2H3,(H2,19,21). The van der Waals surface area contributed by atoms with Crippen molar-refractivity contribution < 1.29 is 14.7 Å². The number of hydrogen-bond donors (Lipinski definition) is 2. The van der Waals surface area contributed by atoms with Crippen molar-refractivity contribution in [1.82, 2.24) is 5.06 Å². The molecule has 0 aromatic heterocycles. The molecule has 2 aromatic carbocycles. The highest BCUT2D eigenvalue weighted by Crippen LogP contribution is 2.20. The van der Waals surface area contributed by atoms with Gasteiger partial charge in [-0.2, -0.15) is 5.06 Å². The van der Waals surface area contributed by atoms with Crippen LogP contribution in [0.25, 0.3) is 0 Å². The van der Waals surface area contributed by atoms with Crippen LogP contribution in [0.4, 0.5) is 4.79 Å². The summed E-state index contributed by atoms with van der Waals surface area (Å²) in [7, 11) is 1.60. The van der Waals surface area contributed by atoms with E-state index in [-0.39, 0.29) is 0 Å². The predicted molar refractivity (Wildman–Crippen MR) is 87.0 cm³/mol.